The molecule has 106 valence electrons. The lowest BCUT2D eigenvalue weighted by Crippen LogP contribution is -2.15. The van der Waals surface area contributed by atoms with Gasteiger partial charge in [0.1, 0.15) is 5.82 Å². The molecule has 0 amide bonds. The van der Waals surface area contributed by atoms with Crippen LogP contribution in [-0.2, 0) is 10.0 Å². The zero-order chi connectivity index (χ0) is 14.9. The molecule has 2 aromatic carbocycles. The number of halogens is 3. The Morgan fingerprint density at radius 3 is 2.30 bits per heavy atom. The van der Waals surface area contributed by atoms with E-state index in [2.05, 4.69) is 36.6 Å². The third-order valence-electron chi connectivity index (χ3n) is 2.62. The van der Waals surface area contributed by atoms with E-state index in [1.165, 1.54) is 18.2 Å². The summed E-state index contributed by atoms with van der Waals surface area (Å²) in [7, 11) is -3.84. The fraction of sp³-hybridized carbons (Fsp3) is 0.0769. The summed E-state index contributed by atoms with van der Waals surface area (Å²) < 4.78 is 41.7. The number of benzene rings is 2. The van der Waals surface area contributed by atoms with Crippen molar-refractivity contribution in [2.75, 3.05) is 4.72 Å². The van der Waals surface area contributed by atoms with Gasteiger partial charge in [-0.05, 0) is 42.8 Å². The van der Waals surface area contributed by atoms with Crippen LogP contribution in [0.5, 0.6) is 0 Å². The highest BCUT2D eigenvalue weighted by atomic mass is 79.9. The van der Waals surface area contributed by atoms with Gasteiger partial charge in [0, 0.05) is 8.95 Å². The van der Waals surface area contributed by atoms with Gasteiger partial charge >= 0.3 is 0 Å². The first-order chi connectivity index (χ1) is 9.29. The van der Waals surface area contributed by atoms with Gasteiger partial charge in [0.15, 0.2) is 0 Å². The maximum absolute atomic E-state index is 13.7. The second kappa shape index (κ2) is 5.83. The molecule has 3 nitrogen and oxygen atoms in total. The van der Waals surface area contributed by atoms with Gasteiger partial charge in [-0.25, -0.2) is 12.8 Å². The van der Waals surface area contributed by atoms with Crippen LogP contribution in [0.25, 0.3) is 0 Å². The van der Waals surface area contributed by atoms with Crippen molar-refractivity contribution in [1.82, 2.24) is 0 Å². The molecule has 7 heteroatoms. The lowest BCUT2D eigenvalue weighted by molar-refractivity contribution is 0.598. The topological polar surface area (TPSA) is 46.2 Å². The van der Waals surface area contributed by atoms with Gasteiger partial charge in [0.2, 0.25) is 0 Å². The van der Waals surface area contributed by atoms with Gasteiger partial charge < -0.3 is 0 Å². The summed E-state index contributed by atoms with van der Waals surface area (Å²) >= 11 is 6.34. The smallest absolute Gasteiger partial charge is 0.262 e. The SMILES string of the molecule is Cc1ccc(Br)cc1S(=O)(=O)Nc1ccc(Br)cc1F. The molecule has 0 saturated heterocycles. The van der Waals surface area contributed by atoms with Crippen LogP contribution in [0.15, 0.2) is 50.2 Å². The standard InChI is InChI=1S/C13H10Br2FNO2S/c1-8-2-3-10(15)7-13(8)20(18,19)17-12-5-4-9(14)6-11(12)16/h2-7,17H,1H3. The van der Waals surface area contributed by atoms with Crippen LogP contribution >= 0.6 is 31.9 Å². The van der Waals surface area contributed by atoms with E-state index in [1.807, 2.05) is 0 Å². The molecular formula is C13H10Br2FNO2S. The Morgan fingerprint density at radius 1 is 1.05 bits per heavy atom. The molecule has 0 aliphatic rings. The van der Waals surface area contributed by atoms with Crippen LogP contribution in [0.4, 0.5) is 10.1 Å². The number of hydrogen-bond donors (Lipinski definition) is 1. The summed E-state index contributed by atoms with van der Waals surface area (Å²) in [5.74, 6) is -0.643. The first-order valence-corrected chi connectivity index (χ1v) is 8.60. The number of anilines is 1. The molecule has 0 heterocycles. The molecule has 0 bridgehead atoms. The van der Waals surface area contributed by atoms with Crippen molar-refractivity contribution in [3.05, 3.63) is 56.7 Å². The summed E-state index contributed by atoms with van der Waals surface area (Å²) in [4.78, 5) is 0.106. The zero-order valence-corrected chi connectivity index (χ0v) is 14.3. The van der Waals surface area contributed by atoms with Crippen LogP contribution in [-0.4, -0.2) is 8.42 Å². The lowest BCUT2D eigenvalue weighted by Gasteiger charge is -2.11. The number of nitrogens with one attached hydrogen (secondary N) is 1. The Kier molecular flexibility index (Phi) is 4.51. The average molecular weight is 423 g/mol. The minimum atomic E-state index is -3.84. The average Bonchev–Trinajstić information content (AvgIpc) is 2.35. The second-order valence-corrected chi connectivity index (χ2v) is 7.62. The highest BCUT2D eigenvalue weighted by Crippen LogP contribution is 2.25. The summed E-state index contributed by atoms with van der Waals surface area (Å²) in [5, 5.41) is 0. The van der Waals surface area contributed by atoms with Crippen molar-refractivity contribution < 1.29 is 12.8 Å². The first kappa shape index (κ1) is 15.5. The summed E-state index contributed by atoms with van der Waals surface area (Å²) in [5.41, 5.74) is 0.491. The normalized spacial score (nSPS) is 11.4. The highest BCUT2D eigenvalue weighted by molar-refractivity contribution is 9.10. The molecule has 0 aliphatic carbocycles. The van der Waals surface area contributed by atoms with Crippen LogP contribution in [0.1, 0.15) is 5.56 Å². The molecular weight excluding hydrogens is 413 g/mol. The Labute approximate surface area is 133 Å². The third kappa shape index (κ3) is 3.39. The molecule has 0 radical (unpaired) electrons. The molecule has 0 fully saturated rings. The van der Waals surface area contributed by atoms with E-state index in [-0.39, 0.29) is 10.6 Å². The van der Waals surface area contributed by atoms with E-state index in [9.17, 15) is 12.8 Å². The van der Waals surface area contributed by atoms with E-state index in [1.54, 1.807) is 25.1 Å². The van der Waals surface area contributed by atoms with E-state index >= 15 is 0 Å². The van der Waals surface area contributed by atoms with E-state index < -0.39 is 15.8 Å². The largest absolute Gasteiger partial charge is 0.277 e. The molecule has 0 spiro atoms. The van der Waals surface area contributed by atoms with Gasteiger partial charge in [0.25, 0.3) is 10.0 Å². The maximum atomic E-state index is 13.7. The molecule has 0 atom stereocenters. The van der Waals surface area contributed by atoms with Crippen molar-refractivity contribution in [3.8, 4) is 0 Å². The quantitative estimate of drug-likeness (QED) is 0.793. The molecule has 0 unspecified atom stereocenters. The summed E-state index contributed by atoms with van der Waals surface area (Å²) in [6.45, 7) is 1.68. The minimum Gasteiger partial charge on any atom is -0.277 e. The Morgan fingerprint density at radius 2 is 1.65 bits per heavy atom. The van der Waals surface area contributed by atoms with Crippen LogP contribution in [0, 0.1) is 12.7 Å². The van der Waals surface area contributed by atoms with Crippen molar-refractivity contribution in [1.29, 1.82) is 0 Å². The minimum absolute atomic E-state index is 0.0902. The predicted octanol–water partition coefficient (Wildman–Crippen LogP) is 4.46. The van der Waals surface area contributed by atoms with Gasteiger partial charge in [-0.15, -0.1) is 0 Å². The highest BCUT2D eigenvalue weighted by Gasteiger charge is 2.19. The van der Waals surface area contributed by atoms with Crippen LogP contribution in [0.2, 0.25) is 0 Å². The predicted molar refractivity (Wildman–Crippen MR) is 83.8 cm³/mol. The molecule has 2 rings (SSSR count). The molecule has 20 heavy (non-hydrogen) atoms. The maximum Gasteiger partial charge on any atom is 0.262 e. The van der Waals surface area contributed by atoms with Crippen molar-refractivity contribution in [2.45, 2.75) is 11.8 Å². The van der Waals surface area contributed by atoms with Crippen molar-refractivity contribution >= 4 is 47.6 Å². The lowest BCUT2D eigenvalue weighted by atomic mass is 10.2. The summed E-state index contributed by atoms with van der Waals surface area (Å²) in [6, 6.07) is 9.03. The van der Waals surface area contributed by atoms with E-state index in [0.29, 0.717) is 14.5 Å². The molecule has 0 aliphatic heterocycles. The van der Waals surface area contributed by atoms with Crippen molar-refractivity contribution in [2.24, 2.45) is 0 Å². The Balaban J connectivity index is 2.43. The fourth-order valence-corrected chi connectivity index (χ4v) is 3.82. The fourth-order valence-electron chi connectivity index (χ4n) is 1.64. The zero-order valence-electron chi connectivity index (χ0n) is 10.3. The van der Waals surface area contributed by atoms with Gasteiger partial charge in [-0.3, -0.25) is 4.72 Å². The Bertz CT molecular complexity index is 763. The number of rotatable bonds is 3. The molecule has 1 N–H and O–H groups in total. The Hall–Kier alpha value is -0.920. The van der Waals surface area contributed by atoms with Crippen LogP contribution in [0.3, 0.4) is 0 Å². The third-order valence-corrected chi connectivity index (χ3v) is 5.11. The van der Waals surface area contributed by atoms with E-state index in [0.717, 1.165) is 0 Å². The van der Waals surface area contributed by atoms with Gasteiger partial charge in [-0.2, -0.15) is 0 Å². The number of aryl methyl sites for hydroxylation is 1. The van der Waals surface area contributed by atoms with E-state index in [4.69, 9.17) is 0 Å². The first-order valence-electron chi connectivity index (χ1n) is 5.53. The molecule has 0 saturated carbocycles. The number of hydrogen-bond acceptors (Lipinski definition) is 2. The number of sulfonamides is 1. The molecule has 2 aromatic rings. The van der Waals surface area contributed by atoms with Crippen molar-refractivity contribution in [3.63, 3.8) is 0 Å². The second-order valence-electron chi connectivity index (χ2n) is 4.14. The van der Waals surface area contributed by atoms with Crippen LogP contribution < -0.4 is 4.72 Å². The van der Waals surface area contributed by atoms with Gasteiger partial charge in [-0.1, -0.05) is 37.9 Å². The monoisotopic (exact) mass is 421 g/mol. The van der Waals surface area contributed by atoms with Gasteiger partial charge in [0.05, 0.1) is 10.6 Å². The summed E-state index contributed by atoms with van der Waals surface area (Å²) in [6.07, 6.45) is 0. The molecule has 0 aromatic heterocycles.